The van der Waals surface area contributed by atoms with E-state index in [1.165, 1.54) is 12.1 Å². The monoisotopic (exact) mass is 311 g/mol. The van der Waals surface area contributed by atoms with E-state index in [1.54, 1.807) is 26.2 Å². The molecule has 0 bridgehead atoms. The van der Waals surface area contributed by atoms with E-state index >= 15 is 0 Å². The van der Waals surface area contributed by atoms with Gasteiger partial charge in [-0.2, -0.15) is 0 Å². The first-order valence-corrected chi connectivity index (χ1v) is 6.85. The van der Waals surface area contributed by atoms with Gasteiger partial charge in [-0.15, -0.1) is 0 Å². The van der Waals surface area contributed by atoms with Crippen LogP contribution in [0.4, 0.5) is 5.69 Å². The number of nitrogens with zero attached hydrogens (tertiary/aromatic N) is 2. The number of ether oxygens (including phenoxy) is 2. The molecule has 2 N–H and O–H groups in total. The zero-order chi connectivity index (χ0) is 16.5. The summed E-state index contributed by atoms with van der Waals surface area (Å²) in [5.41, 5.74) is 5.28. The molecule has 1 aromatic rings. The Morgan fingerprint density at radius 1 is 1.41 bits per heavy atom. The number of hydrogen-bond donors (Lipinski definition) is 1. The minimum absolute atomic E-state index is 0.0285. The third-order valence-corrected chi connectivity index (χ3v) is 3.22. The normalized spacial score (nSPS) is 12.1. The van der Waals surface area contributed by atoms with Gasteiger partial charge in [-0.3, -0.25) is 19.8 Å². The summed E-state index contributed by atoms with van der Waals surface area (Å²) in [4.78, 5) is 23.3. The number of carbonyl (C=O) groups excluding carboxylic acids is 1. The van der Waals surface area contributed by atoms with Gasteiger partial charge in [0.25, 0.3) is 5.69 Å². The molecule has 0 fully saturated rings. The molecule has 0 saturated carbocycles. The van der Waals surface area contributed by atoms with Gasteiger partial charge < -0.3 is 15.2 Å². The second kappa shape index (κ2) is 8.96. The Hall–Kier alpha value is -2.19. The van der Waals surface area contributed by atoms with Crippen molar-refractivity contribution in [3.8, 4) is 5.75 Å². The van der Waals surface area contributed by atoms with Crippen molar-refractivity contribution >= 4 is 11.6 Å². The number of methoxy groups -OCH3 is 1. The van der Waals surface area contributed by atoms with E-state index < -0.39 is 16.9 Å². The fourth-order valence-electron chi connectivity index (χ4n) is 1.86. The van der Waals surface area contributed by atoms with Crippen LogP contribution in [0.2, 0.25) is 0 Å². The van der Waals surface area contributed by atoms with Crippen molar-refractivity contribution in [1.82, 2.24) is 4.90 Å². The molecule has 1 rings (SSSR count). The van der Waals surface area contributed by atoms with Gasteiger partial charge in [-0.25, -0.2) is 0 Å². The van der Waals surface area contributed by atoms with Gasteiger partial charge in [-0.05, 0) is 13.0 Å². The lowest BCUT2D eigenvalue weighted by Gasteiger charge is -2.26. The van der Waals surface area contributed by atoms with Crippen molar-refractivity contribution in [2.24, 2.45) is 5.73 Å². The third kappa shape index (κ3) is 5.66. The zero-order valence-electron chi connectivity index (χ0n) is 12.7. The number of nitro benzene ring substituents is 1. The number of non-ortho nitro benzene ring substituents is 1. The summed E-state index contributed by atoms with van der Waals surface area (Å²) in [6.07, 6.45) is 0. The highest BCUT2D eigenvalue weighted by Crippen LogP contribution is 2.19. The van der Waals surface area contributed by atoms with E-state index in [1.807, 2.05) is 4.90 Å². The summed E-state index contributed by atoms with van der Waals surface area (Å²) < 4.78 is 10.5. The highest BCUT2D eigenvalue weighted by molar-refractivity contribution is 5.79. The first-order valence-electron chi connectivity index (χ1n) is 6.85. The minimum Gasteiger partial charge on any atom is -0.492 e. The predicted octanol–water partition coefficient (Wildman–Crippen LogP) is 0.796. The van der Waals surface area contributed by atoms with Crippen LogP contribution in [-0.2, 0) is 9.53 Å². The van der Waals surface area contributed by atoms with Crippen molar-refractivity contribution in [1.29, 1.82) is 0 Å². The topological polar surface area (TPSA) is 108 Å². The lowest BCUT2D eigenvalue weighted by Crippen LogP contribution is -2.45. The first kappa shape index (κ1) is 17.9. The molecule has 0 aliphatic heterocycles. The van der Waals surface area contributed by atoms with Gasteiger partial charge in [0.05, 0.1) is 23.6 Å². The Morgan fingerprint density at radius 3 is 2.68 bits per heavy atom. The zero-order valence-corrected chi connectivity index (χ0v) is 12.7. The van der Waals surface area contributed by atoms with Gasteiger partial charge in [-0.1, -0.05) is 6.07 Å². The highest BCUT2D eigenvalue weighted by atomic mass is 16.6. The van der Waals surface area contributed by atoms with Crippen LogP contribution in [0.3, 0.4) is 0 Å². The average Bonchev–Trinajstić information content (AvgIpc) is 2.50. The fraction of sp³-hybridized carbons (Fsp3) is 0.500. The van der Waals surface area contributed by atoms with Gasteiger partial charge >= 0.3 is 0 Å². The van der Waals surface area contributed by atoms with Crippen LogP contribution in [0.1, 0.15) is 6.92 Å². The predicted molar refractivity (Wildman–Crippen MR) is 80.7 cm³/mol. The number of rotatable bonds is 10. The van der Waals surface area contributed by atoms with Crippen LogP contribution in [-0.4, -0.2) is 55.2 Å². The maximum Gasteiger partial charge on any atom is 0.273 e. The molecule has 1 unspecified atom stereocenters. The lowest BCUT2D eigenvalue weighted by atomic mass is 10.2. The van der Waals surface area contributed by atoms with E-state index in [2.05, 4.69) is 0 Å². The van der Waals surface area contributed by atoms with Crippen LogP contribution in [0.5, 0.6) is 5.75 Å². The molecule has 1 amide bonds. The lowest BCUT2D eigenvalue weighted by molar-refractivity contribution is -0.384. The summed E-state index contributed by atoms with van der Waals surface area (Å²) in [6, 6.07) is 5.51. The van der Waals surface area contributed by atoms with E-state index in [9.17, 15) is 14.9 Å². The summed E-state index contributed by atoms with van der Waals surface area (Å²) in [5, 5.41) is 10.7. The smallest absolute Gasteiger partial charge is 0.273 e. The van der Waals surface area contributed by atoms with Crippen molar-refractivity contribution in [2.45, 2.75) is 13.0 Å². The molecule has 0 aliphatic carbocycles. The number of nitro groups is 1. The summed E-state index contributed by atoms with van der Waals surface area (Å²) >= 11 is 0. The Bertz CT molecular complexity index is 509. The number of nitrogens with two attached hydrogens (primary N) is 1. The van der Waals surface area contributed by atoms with Gasteiger partial charge in [0.15, 0.2) is 0 Å². The number of hydrogen-bond acceptors (Lipinski definition) is 6. The Morgan fingerprint density at radius 2 is 2.09 bits per heavy atom. The van der Waals surface area contributed by atoms with E-state index in [0.717, 1.165) is 0 Å². The summed E-state index contributed by atoms with van der Waals surface area (Å²) in [6.45, 7) is 3.46. The molecule has 1 atom stereocenters. The molecular formula is C14H21N3O5. The molecule has 122 valence electrons. The standard InChI is InChI=1S/C14H21N3O5/c1-11(14(15)18)16(6-8-21-2)7-9-22-13-5-3-4-12(10-13)17(19)20/h3-5,10-11H,6-9H2,1-2H3,(H2,15,18). The van der Waals surface area contributed by atoms with Crippen molar-refractivity contribution in [3.63, 3.8) is 0 Å². The molecule has 0 heterocycles. The first-order chi connectivity index (χ1) is 10.5. The molecule has 8 heteroatoms. The minimum atomic E-state index is -0.479. The molecule has 0 saturated heterocycles. The molecule has 0 spiro atoms. The van der Waals surface area contributed by atoms with Gasteiger partial charge in [0, 0.05) is 26.3 Å². The van der Waals surface area contributed by atoms with Crippen molar-refractivity contribution in [3.05, 3.63) is 34.4 Å². The molecule has 0 aliphatic rings. The Balaban J connectivity index is 2.56. The molecule has 1 aromatic carbocycles. The van der Waals surface area contributed by atoms with E-state index in [-0.39, 0.29) is 12.3 Å². The number of carbonyl (C=O) groups is 1. The second-order valence-electron chi connectivity index (χ2n) is 4.71. The van der Waals surface area contributed by atoms with Crippen LogP contribution >= 0.6 is 0 Å². The average molecular weight is 311 g/mol. The molecular weight excluding hydrogens is 290 g/mol. The molecule has 8 nitrogen and oxygen atoms in total. The second-order valence-corrected chi connectivity index (χ2v) is 4.71. The quantitative estimate of drug-likeness (QED) is 0.505. The molecule has 22 heavy (non-hydrogen) atoms. The van der Waals surface area contributed by atoms with Crippen LogP contribution in [0.15, 0.2) is 24.3 Å². The van der Waals surface area contributed by atoms with Crippen LogP contribution in [0.25, 0.3) is 0 Å². The summed E-state index contributed by atoms with van der Waals surface area (Å²) in [7, 11) is 1.58. The van der Waals surface area contributed by atoms with Crippen LogP contribution < -0.4 is 10.5 Å². The Kier molecular flexibility index (Phi) is 7.27. The van der Waals surface area contributed by atoms with E-state index in [4.69, 9.17) is 15.2 Å². The van der Waals surface area contributed by atoms with Gasteiger partial charge in [0.2, 0.25) is 5.91 Å². The number of benzene rings is 1. The molecule has 0 aromatic heterocycles. The number of amides is 1. The SMILES string of the molecule is COCCN(CCOc1cccc([N+](=O)[O-])c1)C(C)C(N)=O. The fourth-order valence-corrected chi connectivity index (χ4v) is 1.86. The maximum absolute atomic E-state index is 11.3. The van der Waals surface area contributed by atoms with Crippen molar-refractivity contribution < 1.29 is 19.2 Å². The van der Waals surface area contributed by atoms with Gasteiger partial charge in [0.1, 0.15) is 12.4 Å². The van der Waals surface area contributed by atoms with Crippen molar-refractivity contribution in [2.75, 3.05) is 33.4 Å². The van der Waals surface area contributed by atoms with E-state index in [0.29, 0.717) is 25.4 Å². The largest absolute Gasteiger partial charge is 0.492 e. The highest BCUT2D eigenvalue weighted by Gasteiger charge is 2.18. The number of primary amides is 1. The third-order valence-electron chi connectivity index (χ3n) is 3.22. The maximum atomic E-state index is 11.3. The molecule has 0 radical (unpaired) electrons. The summed E-state index contributed by atoms with van der Waals surface area (Å²) in [5.74, 6) is -0.0147. The van der Waals surface area contributed by atoms with Crippen LogP contribution in [0, 0.1) is 10.1 Å². The Labute approximate surface area is 128 Å².